The van der Waals surface area contributed by atoms with E-state index in [4.69, 9.17) is 9.84 Å². The fourth-order valence-electron chi connectivity index (χ4n) is 5.21. The maximum absolute atomic E-state index is 13.1. The molecule has 0 saturated carbocycles. The van der Waals surface area contributed by atoms with Crippen LogP contribution in [0.1, 0.15) is 46.6 Å². The Kier molecular flexibility index (Phi) is 7.91. The fourth-order valence-corrected chi connectivity index (χ4v) is 5.21. The molecule has 0 aliphatic carbocycles. The van der Waals surface area contributed by atoms with E-state index in [1.807, 2.05) is 55.5 Å². The molecule has 0 radical (unpaired) electrons. The number of carbonyl (C=O) groups is 2. The number of H-pyrrole nitrogens is 1. The number of carbonyl (C=O) groups excluding carboxylic acids is 2. The zero-order chi connectivity index (χ0) is 26.5. The number of hydrogen-bond acceptors (Lipinski definition) is 5. The molecule has 198 valence electrons. The van der Waals surface area contributed by atoms with Crippen molar-refractivity contribution in [1.82, 2.24) is 15.2 Å². The van der Waals surface area contributed by atoms with E-state index in [1.165, 1.54) is 12.8 Å². The van der Waals surface area contributed by atoms with Crippen molar-refractivity contribution in [1.29, 1.82) is 0 Å². The monoisotopic (exact) mass is 514 g/mol. The minimum absolute atomic E-state index is 0.0693. The molecule has 0 bridgehead atoms. The van der Waals surface area contributed by atoms with Gasteiger partial charge in [0.2, 0.25) is 0 Å². The first kappa shape index (κ1) is 25.8. The van der Waals surface area contributed by atoms with Crippen LogP contribution in [0.15, 0.2) is 48.5 Å². The summed E-state index contributed by atoms with van der Waals surface area (Å²) < 4.78 is 5.59. The van der Waals surface area contributed by atoms with Crippen molar-refractivity contribution in [3.05, 3.63) is 71.0 Å². The zero-order valence-electron chi connectivity index (χ0n) is 21.7. The molecular weight excluding hydrogens is 480 g/mol. The van der Waals surface area contributed by atoms with Crippen LogP contribution in [0.25, 0.3) is 22.8 Å². The Morgan fingerprint density at radius 2 is 1.97 bits per heavy atom. The number of ether oxygens (including phenoxy) is 1. The lowest BCUT2D eigenvalue weighted by Gasteiger charge is -2.14. The molecule has 1 fully saturated rings. The number of likely N-dealkylation sites (tertiary alicyclic amines) is 1. The molecule has 5 rings (SSSR count). The van der Waals surface area contributed by atoms with Crippen molar-refractivity contribution in [2.45, 2.75) is 26.2 Å². The maximum atomic E-state index is 13.1. The molecule has 0 unspecified atom stereocenters. The quantitative estimate of drug-likeness (QED) is 0.241. The second-order valence-corrected chi connectivity index (χ2v) is 9.78. The zero-order valence-corrected chi connectivity index (χ0v) is 21.7. The van der Waals surface area contributed by atoms with Crippen molar-refractivity contribution >= 4 is 29.2 Å². The Morgan fingerprint density at radius 1 is 1.16 bits per heavy atom. The smallest absolute Gasteiger partial charge is 0.256 e. The number of aliphatic hydroxyl groups excluding tert-OH is 1. The number of aromatic nitrogens is 1. The normalized spacial score (nSPS) is 16.1. The molecule has 3 aromatic rings. The third kappa shape index (κ3) is 5.66. The van der Waals surface area contributed by atoms with Crippen molar-refractivity contribution in [3.8, 4) is 16.9 Å². The average molecular weight is 515 g/mol. The number of rotatable bonds is 10. The first-order valence-corrected chi connectivity index (χ1v) is 13.2. The Morgan fingerprint density at radius 3 is 2.79 bits per heavy atom. The lowest BCUT2D eigenvalue weighted by molar-refractivity contribution is -0.110. The van der Waals surface area contributed by atoms with E-state index >= 15 is 0 Å². The second-order valence-electron chi connectivity index (χ2n) is 9.78. The maximum Gasteiger partial charge on any atom is 0.256 e. The average Bonchev–Trinajstić information content (AvgIpc) is 3.65. The van der Waals surface area contributed by atoms with Gasteiger partial charge in [-0.15, -0.1) is 0 Å². The van der Waals surface area contributed by atoms with Crippen LogP contribution in [0, 0.1) is 6.92 Å². The summed E-state index contributed by atoms with van der Waals surface area (Å²) in [6, 6.07) is 15.1. The van der Waals surface area contributed by atoms with E-state index in [2.05, 4.69) is 20.5 Å². The molecule has 2 amide bonds. The highest BCUT2D eigenvalue weighted by Crippen LogP contribution is 2.41. The summed E-state index contributed by atoms with van der Waals surface area (Å²) in [5.74, 6) is 0.272. The Labute approximate surface area is 222 Å². The third-order valence-corrected chi connectivity index (χ3v) is 6.98. The molecular formula is C30H34N4O4. The third-order valence-electron chi connectivity index (χ3n) is 6.98. The van der Waals surface area contributed by atoms with Gasteiger partial charge in [0.25, 0.3) is 11.8 Å². The van der Waals surface area contributed by atoms with Gasteiger partial charge in [0.15, 0.2) is 0 Å². The summed E-state index contributed by atoms with van der Waals surface area (Å²) in [5.41, 5.74) is 5.72. The van der Waals surface area contributed by atoms with E-state index < -0.39 is 0 Å². The van der Waals surface area contributed by atoms with Gasteiger partial charge in [-0.2, -0.15) is 0 Å². The van der Waals surface area contributed by atoms with Crippen molar-refractivity contribution in [2.75, 3.05) is 44.7 Å². The van der Waals surface area contributed by atoms with Gasteiger partial charge in [-0.25, -0.2) is 0 Å². The van der Waals surface area contributed by atoms with Crippen LogP contribution in [-0.2, 0) is 4.79 Å². The van der Waals surface area contributed by atoms with Crippen LogP contribution in [0.4, 0.5) is 5.69 Å². The van der Waals surface area contributed by atoms with E-state index in [0.29, 0.717) is 29.1 Å². The molecule has 0 atom stereocenters. The highest BCUT2D eigenvalue weighted by atomic mass is 16.5. The molecule has 2 aromatic carbocycles. The van der Waals surface area contributed by atoms with Gasteiger partial charge in [-0.3, -0.25) is 9.59 Å². The highest BCUT2D eigenvalue weighted by molar-refractivity contribution is 6.36. The molecule has 2 aliphatic rings. The first-order valence-electron chi connectivity index (χ1n) is 13.2. The van der Waals surface area contributed by atoms with Crippen molar-refractivity contribution in [3.63, 3.8) is 0 Å². The highest BCUT2D eigenvalue weighted by Gasteiger charge is 2.28. The number of anilines is 1. The van der Waals surface area contributed by atoms with Gasteiger partial charge < -0.3 is 30.4 Å². The van der Waals surface area contributed by atoms with E-state index in [-0.39, 0.29) is 25.0 Å². The SMILES string of the molecule is Cc1cc(C(=O)NCCCN2CCCC2)c(C=C2C(=O)Nc3cccc(-c4cccc(OCCO)c4)c32)[nH]1. The number of fused-ring (bicyclic) bond motifs is 1. The van der Waals surface area contributed by atoms with Crippen LogP contribution >= 0.6 is 0 Å². The van der Waals surface area contributed by atoms with E-state index in [0.717, 1.165) is 54.1 Å². The van der Waals surface area contributed by atoms with E-state index in [9.17, 15) is 9.59 Å². The van der Waals surface area contributed by atoms with Gasteiger partial charge in [-0.05, 0) is 87.3 Å². The van der Waals surface area contributed by atoms with E-state index in [1.54, 1.807) is 6.08 Å². The van der Waals surface area contributed by atoms with Crippen LogP contribution < -0.4 is 15.4 Å². The summed E-state index contributed by atoms with van der Waals surface area (Å²) in [6.07, 6.45) is 5.19. The van der Waals surface area contributed by atoms with Gasteiger partial charge in [0, 0.05) is 23.5 Å². The number of hydrogen-bond donors (Lipinski definition) is 4. The van der Waals surface area contributed by atoms with Crippen LogP contribution in [-0.4, -0.2) is 66.2 Å². The van der Waals surface area contributed by atoms with Crippen LogP contribution in [0.5, 0.6) is 5.75 Å². The molecule has 8 nitrogen and oxygen atoms in total. The number of aryl methyl sites for hydroxylation is 1. The predicted octanol–water partition coefficient (Wildman–Crippen LogP) is 4.07. The van der Waals surface area contributed by atoms with Crippen LogP contribution in [0.3, 0.4) is 0 Å². The molecule has 8 heteroatoms. The topological polar surface area (TPSA) is 107 Å². The van der Waals surface area contributed by atoms with Crippen molar-refractivity contribution in [2.24, 2.45) is 0 Å². The van der Waals surface area contributed by atoms with Gasteiger partial charge >= 0.3 is 0 Å². The molecule has 1 aromatic heterocycles. The summed E-state index contributed by atoms with van der Waals surface area (Å²) >= 11 is 0. The summed E-state index contributed by atoms with van der Waals surface area (Å²) in [7, 11) is 0. The summed E-state index contributed by atoms with van der Waals surface area (Å²) in [6.45, 7) is 5.94. The Balaban J connectivity index is 1.40. The summed E-state index contributed by atoms with van der Waals surface area (Å²) in [4.78, 5) is 31.9. The minimum atomic E-state index is -0.218. The van der Waals surface area contributed by atoms with Gasteiger partial charge in [-0.1, -0.05) is 24.3 Å². The fraction of sp³-hybridized carbons (Fsp3) is 0.333. The Hall–Kier alpha value is -3.88. The number of amides is 2. The van der Waals surface area contributed by atoms with Gasteiger partial charge in [0.05, 0.1) is 23.4 Å². The number of nitrogens with zero attached hydrogens (tertiary/aromatic N) is 1. The molecule has 4 N–H and O–H groups in total. The number of nitrogens with one attached hydrogen (secondary N) is 3. The standard InChI is InChI=1S/C30H34N4O4/c1-20-17-24(29(36)31-11-6-14-34-12-2-3-13-34)27(32-20)19-25-28-23(9-5-10-26(28)33-30(25)37)21-7-4-8-22(18-21)38-16-15-35/h4-5,7-10,17-19,32,35H,2-3,6,11-16H2,1H3,(H,31,36)(H,33,37). The molecule has 38 heavy (non-hydrogen) atoms. The largest absolute Gasteiger partial charge is 0.491 e. The number of aliphatic hydroxyl groups is 1. The molecule has 2 aliphatic heterocycles. The molecule has 1 saturated heterocycles. The number of aromatic amines is 1. The van der Waals surface area contributed by atoms with Crippen LogP contribution in [0.2, 0.25) is 0 Å². The second kappa shape index (κ2) is 11.7. The first-order chi connectivity index (χ1) is 18.5. The Bertz CT molecular complexity index is 1350. The number of benzene rings is 2. The lowest BCUT2D eigenvalue weighted by Crippen LogP contribution is -2.28. The molecule has 0 spiro atoms. The minimum Gasteiger partial charge on any atom is -0.491 e. The summed E-state index contributed by atoms with van der Waals surface area (Å²) in [5, 5.41) is 15.1. The van der Waals surface area contributed by atoms with Crippen molar-refractivity contribution < 1.29 is 19.4 Å². The predicted molar refractivity (Wildman–Crippen MR) is 149 cm³/mol. The van der Waals surface area contributed by atoms with Gasteiger partial charge in [0.1, 0.15) is 12.4 Å². The molecule has 3 heterocycles. The lowest BCUT2D eigenvalue weighted by atomic mass is 9.94.